The number of piperidine rings is 1. The first-order chi connectivity index (χ1) is 14.6. The average Bonchev–Trinajstić information content (AvgIpc) is 2.72. The highest BCUT2D eigenvalue weighted by Crippen LogP contribution is 2.24. The predicted molar refractivity (Wildman–Crippen MR) is 126 cm³/mol. The monoisotopic (exact) mass is 486 g/mol. The summed E-state index contributed by atoms with van der Waals surface area (Å²) in [6, 6.07) is 15.8. The molecule has 1 saturated heterocycles. The first-order valence-corrected chi connectivity index (χ1v) is 11.5. The van der Waals surface area contributed by atoms with Crippen molar-refractivity contribution >= 4 is 27.9 Å². The Morgan fingerprint density at radius 3 is 2.16 bits per heavy atom. The third kappa shape index (κ3) is 6.57. The van der Waals surface area contributed by atoms with Crippen LogP contribution in [-0.4, -0.2) is 46.5 Å². The maximum Gasteiger partial charge on any atom is 0.410 e. The highest BCUT2D eigenvalue weighted by molar-refractivity contribution is 9.10. The molecular weight excluding hydrogens is 456 g/mol. The number of halogens is 1. The van der Waals surface area contributed by atoms with Crippen LogP contribution in [0.4, 0.5) is 4.79 Å². The molecular formula is C25H31BrN2O3. The van der Waals surface area contributed by atoms with Crippen molar-refractivity contribution in [1.82, 2.24) is 9.80 Å². The van der Waals surface area contributed by atoms with Gasteiger partial charge in [-0.3, -0.25) is 4.79 Å². The number of rotatable bonds is 4. The molecule has 1 fully saturated rings. The lowest BCUT2D eigenvalue weighted by Gasteiger charge is -2.39. The Balaban J connectivity index is 1.75. The number of ether oxygens (including phenoxy) is 1. The van der Waals surface area contributed by atoms with Gasteiger partial charge in [0.25, 0.3) is 5.91 Å². The zero-order valence-electron chi connectivity index (χ0n) is 18.7. The molecule has 0 aromatic heterocycles. The number of carbonyl (C=O) groups is 2. The van der Waals surface area contributed by atoms with Crippen molar-refractivity contribution in [1.29, 1.82) is 0 Å². The molecule has 1 heterocycles. The molecule has 1 aliphatic rings. The third-order valence-corrected chi connectivity index (χ3v) is 5.91. The summed E-state index contributed by atoms with van der Waals surface area (Å²) in [5, 5.41) is 0. The van der Waals surface area contributed by atoms with Crippen LogP contribution in [0.1, 0.15) is 55.1 Å². The molecule has 0 atom stereocenters. The lowest BCUT2D eigenvalue weighted by Crippen LogP contribution is -2.49. The quantitative estimate of drug-likeness (QED) is 0.548. The fraction of sp³-hybridized carbons (Fsp3) is 0.440. The van der Waals surface area contributed by atoms with E-state index < -0.39 is 5.60 Å². The normalized spacial score (nSPS) is 14.9. The van der Waals surface area contributed by atoms with Gasteiger partial charge in [-0.05, 0) is 70.4 Å². The molecule has 5 nitrogen and oxygen atoms in total. The van der Waals surface area contributed by atoms with Crippen molar-refractivity contribution in [2.75, 3.05) is 13.1 Å². The third-order valence-electron chi connectivity index (χ3n) is 5.38. The molecule has 6 heteroatoms. The molecule has 0 saturated carbocycles. The zero-order chi connectivity index (χ0) is 22.6. The van der Waals surface area contributed by atoms with Gasteiger partial charge in [0.15, 0.2) is 0 Å². The summed E-state index contributed by atoms with van der Waals surface area (Å²) >= 11 is 3.47. The van der Waals surface area contributed by atoms with Crippen LogP contribution in [0.5, 0.6) is 0 Å². The molecule has 0 N–H and O–H groups in total. The van der Waals surface area contributed by atoms with E-state index in [0.717, 1.165) is 28.4 Å². The topological polar surface area (TPSA) is 49.9 Å². The van der Waals surface area contributed by atoms with Gasteiger partial charge in [0.2, 0.25) is 0 Å². The van der Waals surface area contributed by atoms with Crippen molar-refractivity contribution in [3.8, 4) is 0 Å². The summed E-state index contributed by atoms with van der Waals surface area (Å²) in [5.74, 6) is 0.0265. The summed E-state index contributed by atoms with van der Waals surface area (Å²) in [5.41, 5.74) is 2.39. The number of aryl methyl sites for hydroxylation is 1. The number of hydrogen-bond donors (Lipinski definition) is 0. The van der Waals surface area contributed by atoms with Crippen LogP contribution in [0, 0.1) is 6.92 Å². The van der Waals surface area contributed by atoms with Crippen LogP contribution in [0.2, 0.25) is 0 Å². The van der Waals surface area contributed by atoms with Gasteiger partial charge in [-0.15, -0.1) is 0 Å². The van der Waals surface area contributed by atoms with Crippen LogP contribution in [0.3, 0.4) is 0 Å². The lowest BCUT2D eigenvalue weighted by molar-refractivity contribution is 0.0142. The summed E-state index contributed by atoms with van der Waals surface area (Å²) in [6.07, 6.45) is 1.18. The molecule has 31 heavy (non-hydrogen) atoms. The van der Waals surface area contributed by atoms with E-state index in [4.69, 9.17) is 4.74 Å². The Labute approximate surface area is 193 Å². The molecule has 2 aromatic rings. The number of hydrogen-bond acceptors (Lipinski definition) is 3. The molecule has 2 aromatic carbocycles. The van der Waals surface area contributed by atoms with Crippen LogP contribution >= 0.6 is 15.9 Å². The number of amides is 2. The zero-order valence-corrected chi connectivity index (χ0v) is 20.3. The van der Waals surface area contributed by atoms with Crippen molar-refractivity contribution < 1.29 is 14.3 Å². The smallest absolute Gasteiger partial charge is 0.410 e. The first-order valence-electron chi connectivity index (χ1n) is 10.7. The largest absolute Gasteiger partial charge is 0.444 e. The van der Waals surface area contributed by atoms with E-state index in [1.807, 2.05) is 81.1 Å². The van der Waals surface area contributed by atoms with E-state index >= 15 is 0 Å². The second kappa shape index (κ2) is 9.86. The van der Waals surface area contributed by atoms with Crippen molar-refractivity contribution in [2.45, 2.75) is 58.7 Å². The molecule has 0 unspecified atom stereocenters. The molecule has 166 valence electrons. The number of benzene rings is 2. The molecule has 0 radical (unpaired) electrons. The minimum Gasteiger partial charge on any atom is -0.444 e. The Morgan fingerprint density at radius 1 is 1.03 bits per heavy atom. The van der Waals surface area contributed by atoms with Gasteiger partial charge in [-0.25, -0.2) is 4.79 Å². The minimum atomic E-state index is -0.511. The van der Waals surface area contributed by atoms with E-state index in [1.54, 1.807) is 4.90 Å². The summed E-state index contributed by atoms with van der Waals surface area (Å²) in [4.78, 5) is 29.6. The van der Waals surface area contributed by atoms with E-state index in [2.05, 4.69) is 15.9 Å². The van der Waals surface area contributed by atoms with E-state index in [9.17, 15) is 9.59 Å². The highest BCUT2D eigenvalue weighted by Gasteiger charge is 2.32. The molecule has 2 amide bonds. The number of carbonyl (C=O) groups excluding carboxylic acids is 2. The SMILES string of the molecule is Cc1ccc(C(=O)N(Cc2ccc(Br)cc2)C2CCN(C(=O)OC(C)(C)C)CC2)cc1. The van der Waals surface area contributed by atoms with Crippen molar-refractivity contribution in [2.24, 2.45) is 0 Å². The molecule has 0 bridgehead atoms. The van der Waals surface area contributed by atoms with Gasteiger partial charge in [0.1, 0.15) is 5.60 Å². The fourth-order valence-electron chi connectivity index (χ4n) is 3.70. The molecule has 1 aliphatic heterocycles. The minimum absolute atomic E-state index is 0.0265. The van der Waals surface area contributed by atoms with Gasteiger partial charge in [0, 0.05) is 35.7 Å². The Hall–Kier alpha value is -2.34. The van der Waals surface area contributed by atoms with Gasteiger partial charge in [0.05, 0.1) is 0 Å². The van der Waals surface area contributed by atoms with Gasteiger partial charge in [-0.2, -0.15) is 0 Å². The second-order valence-corrected chi connectivity index (χ2v) is 10.0. The average molecular weight is 487 g/mol. The Morgan fingerprint density at radius 2 is 1.61 bits per heavy atom. The Kier molecular flexibility index (Phi) is 7.42. The second-order valence-electron chi connectivity index (χ2n) is 9.12. The van der Waals surface area contributed by atoms with Crippen LogP contribution in [0.25, 0.3) is 0 Å². The first kappa shape index (κ1) is 23.3. The van der Waals surface area contributed by atoms with Gasteiger partial charge >= 0.3 is 6.09 Å². The lowest BCUT2D eigenvalue weighted by atomic mass is 10.0. The fourth-order valence-corrected chi connectivity index (χ4v) is 3.97. The van der Waals surface area contributed by atoms with Crippen LogP contribution in [-0.2, 0) is 11.3 Å². The molecule has 0 aliphatic carbocycles. The van der Waals surface area contributed by atoms with Crippen molar-refractivity contribution in [3.05, 3.63) is 69.7 Å². The van der Waals surface area contributed by atoms with Crippen molar-refractivity contribution in [3.63, 3.8) is 0 Å². The maximum atomic E-state index is 13.4. The Bertz CT molecular complexity index is 896. The maximum absolute atomic E-state index is 13.4. The summed E-state index contributed by atoms with van der Waals surface area (Å²) < 4.78 is 6.52. The van der Waals surface area contributed by atoms with Gasteiger partial charge < -0.3 is 14.5 Å². The standard InChI is InChI=1S/C25H31BrN2O3/c1-18-5-9-20(10-6-18)23(29)28(17-19-7-11-21(26)12-8-19)22-13-15-27(16-14-22)24(30)31-25(2,3)4/h5-12,22H,13-17H2,1-4H3. The van der Waals surface area contributed by atoms with E-state index in [0.29, 0.717) is 25.2 Å². The number of nitrogens with zero attached hydrogens (tertiary/aromatic N) is 2. The summed E-state index contributed by atoms with van der Waals surface area (Å²) in [6.45, 7) is 9.33. The summed E-state index contributed by atoms with van der Waals surface area (Å²) in [7, 11) is 0. The highest BCUT2D eigenvalue weighted by atomic mass is 79.9. The predicted octanol–water partition coefficient (Wildman–Crippen LogP) is 5.80. The molecule has 0 spiro atoms. The van der Waals surface area contributed by atoms with Gasteiger partial charge in [-0.1, -0.05) is 45.8 Å². The van der Waals surface area contributed by atoms with Crippen LogP contribution < -0.4 is 0 Å². The number of likely N-dealkylation sites (tertiary alicyclic amines) is 1. The van der Waals surface area contributed by atoms with E-state index in [1.165, 1.54) is 0 Å². The molecule has 3 rings (SSSR count). The van der Waals surface area contributed by atoms with E-state index in [-0.39, 0.29) is 18.0 Å². The van der Waals surface area contributed by atoms with Crippen LogP contribution in [0.15, 0.2) is 53.0 Å².